The molecule has 1 fully saturated rings. The summed E-state index contributed by atoms with van der Waals surface area (Å²) in [4.78, 5) is 12.5. The molecule has 3 heterocycles. The zero-order chi connectivity index (χ0) is 16.8. The third-order valence-corrected chi connectivity index (χ3v) is 5.44. The van der Waals surface area contributed by atoms with Gasteiger partial charge in [0.25, 0.3) is 0 Å². The maximum Gasteiger partial charge on any atom is 0.154 e. The minimum atomic E-state index is 0.448. The van der Waals surface area contributed by atoms with Crippen LogP contribution in [0.25, 0.3) is 16.7 Å². The Labute approximate surface area is 146 Å². The van der Waals surface area contributed by atoms with Crippen molar-refractivity contribution in [3.63, 3.8) is 0 Å². The molecule has 0 spiro atoms. The first kappa shape index (κ1) is 14.5. The van der Waals surface area contributed by atoms with Crippen molar-refractivity contribution >= 4 is 22.4 Å². The predicted octanol–water partition coefficient (Wildman–Crippen LogP) is 4.20. The van der Waals surface area contributed by atoms with Crippen LogP contribution in [0.5, 0.6) is 0 Å². The van der Waals surface area contributed by atoms with Crippen LogP contribution in [0.4, 0.5) is 5.69 Å². The maximum absolute atomic E-state index is 4.78. The smallest absolute Gasteiger partial charge is 0.154 e. The van der Waals surface area contributed by atoms with Crippen LogP contribution in [0.1, 0.15) is 31.5 Å². The molecule has 2 N–H and O–H groups in total. The van der Waals surface area contributed by atoms with E-state index in [1.165, 1.54) is 5.69 Å². The highest BCUT2D eigenvalue weighted by Gasteiger charge is 2.35. The number of hydrogen-bond donors (Lipinski definition) is 2. The van der Waals surface area contributed by atoms with Crippen LogP contribution in [0.15, 0.2) is 55.0 Å². The highest BCUT2D eigenvalue weighted by atomic mass is 15.1. The topological polar surface area (TPSA) is 58.0 Å². The van der Waals surface area contributed by atoms with Gasteiger partial charge in [-0.15, -0.1) is 0 Å². The Balaban J connectivity index is 1.49. The molecule has 4 aromatic rings. The highest BCUT2D eigenvalue weighted by Crippen LogP contribution is 2.40. The van der Waals surface area contributed by atoms with Crippen LogP contribution in [0, 0.1) is 5.92 Å². The molecule has 5 heteroatoms. The molecule has 0 radical (unpaired) electrons. The summed E-state index contributed by atoms with van der Waals surface area (Å²) in [6.07, 6.45) is 8.05. The second-order valence-corrected chi connectivity index (χ2v) is 7.11. The number of fused-ring (bicyclic) bond motifs is 3. The van der Waals surface area contributed by atoms with Crippen molar-refractivity contribution in [2.75, 3.05) is 5.32 Å². The SMILES string of the molecule is C[C@H]1C[C@H](Nc2ccccc2)C[C@H]1c1ncc2cnc3[nH]ccc3n12. The lowest BCUT2D eigenvalue weighted by Crippen LogP contribution is -2.15. The number of benzene rings is 1. The molecule has 0 saturated heterocycles. The largest absolute Gasteiger partial charge is 0.382 e. The second-order valence-electron chi connectivity index (χ2n) is 7.11. The summed E-state index contributed by atoms with van der Waals surface area (Å²) < 4.78 is 2.27. The van der Waals surface area contributed by atoms with Crippen molar-refractivity contribution in [3.8, 4) is 0 Å². The highest BCUT2D eigenvalue weighted by molar-refractivity contribution is 5.75. The lowest BCUT2D eigenvalue weighted by molar-refractivity contribution is 0.509. The molecule has 1 aliphatic rings. The maximum atomic E-state index is 4.78. The van der Waals surface area contributed by atoms with Gasteiger partial charge in [-0.05, 0) is 37.0 Å². The van der Waals surface area contributed by atoms with E-state index in [0.29, 0.717) is 17.9 Å². The van der Waals surface area contributed by atoms with Crippen LogP contribution in [-0.2, 0) is 0 Å². The van der Waals surface area contributed by atoms with Gasteiger partial charge in [0.15, 0.2) is 5.65 Å². The molecule has 1 aromatic carbocycles. The van der Waals surface area contributed by atoms with Gasteiger partial charge in [0.1, 0.15) is 5.82 Å². The van der Waals surface area contributed by atoms with Gasteiger partial charge in [-0.1, -0.05) is 25.1 Å². The van der Waals surface area contributed by atoms with Crippen LogP contribution in [0.2, 0.25) is 0 Å². The number of H-pyrrole nitrogens is 1. The van der Waals surface area contributed by atoms with Crippen molar-refractivity contribution in [3.05, 3.63) is 60.8 Å². The monoisotopic (exact) mass is 331 g/mol. The van der Waals surface area contributed by atoms with E-state index in [-0.39, 0.29) is 0 Å². The van der Waals surface area contributed by atoms with Gasteiger partial charge in [-0.25, -0.2) is 9.97 Å². The quantitative estimate of drug-likeness (QED) is 0.591. The van der Waals surface area contributed by atoms with E-state index in [0.717, 1.165) is 35.3 Å². The predicted molar refractivity (Wildman–Crippen MR) is 99.8 cm³/mol. The summed E-state index contributed by atoms with van der Waals surface area (Å²) in [7, 11) is 0. The fourth-order valence-electron chi connectivity index (χ4n) is 4.26. The number of anilines is 1. The zero-order valence-corrected chi connectivity index (χ0v) is 14.2. The van der Waals surface area contributed by atoms with Gasteiger partial charge in [0.2, 0.25) is 0 Å². The third kappa shape index (κ3) is 2.38. The van der Waals surface area contributed by atoms with Crippen LogP contribution in [-0.4, -0.2) is 25.4 Å². The first-order valence-electron chi connectivity index (χ1n) is 8.90. The summed E-state index contributed by atoms with van der Waals surface area (Å²) in [5.41, 5.74) is 4.28. The molecular weight excluding hydrogens is 310 g/mol. The fraction of sp³-hybridized carbons (Fsp3) is 0.300. The van der Waals surface area contributed by atoms with Crippen LogP contribution < -0.4 is 5.32 Å². The molecule has 3 atom stereocenters. The van der Waals surface area contributed by atoms with E-state index >= 15 is 0 Å². The van der Waals surface area contributed by atoms with Crippen molar-refractivity contribution in [1.29, 1.82) is 0 Å². The minimum absolute atomic E-state index is 0.448. The molecule has 1 aliphatic carbocycles. The van der Waals surface area contributed by atoms with Gasteiger partial charge in [-0.2, -0.15) is 0 Å². The lowest BCUT2D eigenvalue weighted by Gasteiger charge is -2.15. The standard InChI is InChI=1S/C20H21N5/c1-13-9-15(24-14-5-3-2-4-6-14)10-17(13)20-23-12-16-11-22-19-18(25(16)20)7-8-21-19/h2-8,11-13,15,17,21,24H,9-10H2,1H3/t13-,15-,17+/m0/s1. The Kier molecular flexibility index (Phi) is 3.26. The third-order valence-electron chi connectivity index (χ3n) is 5.44. The van der Waals surface area contributed by atoms with Crippen molar-refractivity contribution in [1.82, 2.24) is 19.4 Å². The van der Waals surface area contributed by atoms with Crippen molar-refractivity contribution < 1.29 is 0 Å². The number of nitrogens with one attached hydrogen (secondary N) is 2. The molecule has 5 nitrogen and oxygen atoms in total. The Bertz CT molecular complexity index is 1020. The van der Waals surface area contributed by atoms with Crippen LogP contribution >= 0.6 is 0 Å². The van der Waals surface area contributed by atoms with E-state index < -0.39 is 0 Å². The summed E-state index contributed by atoms with van der Waals surface area (Å²) >= 11 is 0. The molecule has 126 valence electrons. The van der Waals surface area contributed by atoms with Gasteiger partial charge < -0.3 is 10.3 Å². The molecule has 25 heavy (non-hydrogen) atoms. The molecule has 0 aliphatic heterocycles. The first-order valence-corrected chi connectivity index (χ1v) is 8.90. The Hall–Kier alpha value is -2.82. The lowest BCUT2D eigenvalue weighted by atomic mass is 9.97. The minimum Gasteiger partial charge on any atom is -0.382 e. The Morgan fingerprint density at radius 2 is 1.92 bits per heavy atom. The normalized spacial score (nSPS) is 23.5. The van der Waals surface area contributed by atoms with Gasteiger partial charge in [0, 0.05) is 23.8 Å². The first-order chi connectivity index (χ1) is 12.3. The second kappa shape index (κ2) is 5.62. The molecule has 0 bridgehead atoms. The Morgan fingerprint density at radius 3 is 2.80 bits per heavy atom. The average Bonchev–Trinajstić information content (AvgIpc) is 3.32. The van der Waals surface area contributed by atoms with E-state index in [9.17, 15) is 0 Å². The summed E-state index contributed by atoms with van der Waals surface area (Å²) in [5.74, 6) is 2.20. The zero-order valence-electron chi connectivity index (χ0n) is 14.2. The van der Waals surface area contributed by atoms with Gasteiger partial charge in [0.05, 0.1) is 23.4 Å². The molecule has 1 saturated carbocycles. The molecule has 0 amide bonds. The van der Waals surface area contributed by atoms with Gasteiger partial charge >= 0.3 is 0 Å². The number of imidazole rings is 1. The van der Waals surface area contributed by atoms with Crippen molar-refractivity contribution in [2.24, 2.45) is 5.92 Å². The number of aromatic nitrogens is 4. The summed E-state index contributed by atoms with van der Waals surface area (Å²) in [6.45, 7) is 2.34. The van der Waals surface area contributed by atoms with E-state index in [2.05, 4.69) is 63.0 Å². The Morgan fingerprint density at radius 1 is 1.08 bits per heavy atom. The van der Waals surface area contributed by atoms with Crippen molar-refractivity contribution in [2.45, 2.75) is 31.7 Å². The van der Waals surface area contributed by atoms with Crippen LogP contribution in [0.3, 0.4) is 0 Å². The van der Waals surface area contributed by atoms with E-state index in [4.69, 9.17) is 4.98 Å². The number of hydrogen-bond acceptors (Lipinski definition) is 3. The molecule has 3 aromatic heterocycles. The van der Waals surface area contributed by atoms with E-state index in [1.54, 1.807) is 0 Å². The summed E-state index contributed by atoms with van der Waals surface area (Å²) in [5, 5.41) is 3.69. The van der Waals surface area contributed by atoms with Gasteiger partial charge in [-0.3, -0.25) is 4.40 Å². The number of nitrogens with zero attached hydrogens (tertiary/aromatic N) is 3. The number of para-hydroxylation sites is 1. The van der Waals surface area contributed by atoms with E-state index in [1.807, 2.05) is 18.6 Å². The molecular formula is C20H21N5. The fourth-order valence-corrected chi connectivity index (χ4v) is 4.26. The number of aromatic amines is 1. The number of rotatable bonds is 3. The average molecular weight is 331 g/mol. The molecule has 0 unspecified atom stereocenters. The summed E-state index contributed by atoms with van der Waals surface area (Å²) in [6, 6.07) is 13.1. The molecule has 5 rings (SSSR count).